The minimum absolute atomic E-state index is 0.226. The summed E-state index contributed by atoms with van der Waals surface area (Å²) < 4.78 is 0. The van der Waals surface area contributed by atoms with Gasteiger partial charge in [-0.05, 0) is 48.1 Å². The van der Waals surface area contributed by atoms with Crippen LogP contribution in [0.1, 0.15) is 22.3 Å². The highest BCUT2D eigenvalue weighted by atomic mass is 35.5. The quantitative estimate of drug-likeness (QED) is 0.579. The van der Waals surface area contributed by atoms with Gasteiger partial charge in [0.25, 0.3) is 0 Å². The van der Waals surface area contributed by atoms with E-state index in [1.54, 1.807) is 18.2 Å². The molecule has 4 rings (SSSR count). The van der Waals surface area contributed by atoms with Gasteiger partial charge in [0.15, 0.2) is 0 Å². The number of hydrogen-bond acceptors (Lipinski definition) is 4. The minimum Gasteiger partial charge on any atom is -0.478 e. The van der Waals surface area contributed by atoms with Crippen LogP contribution < -0.4 is 5.32 Å². The average Bonchev–Trinajstić information content (AvgIpc) is 2.69. The molecule has 4 nitrogen and oxygen atoms in total. The molecule has 6 heteroatoms. The molecule has 3 aromatic rings. The minimum atomic E-state index is -0.968. The number of carboxylic acid groups (broad SMARTS) is 1. The van der Waals surface area contributed by atoms with Gasteiger partial charge in [-0.25, -0.2) is 4.79 Å². The Morgan fingerprint density at radius 3 is 2.85 bits per heavy atom. The van der Waals surface area contributed by atoms with E-state index in [0.29, 0.717) is 10.7 Å². The summed E-state index contributed by atoms with van der Waals surface area (Å²) in [5.41, 5.74) is 4.63. The maximum atomic E-state index is 11.6. The molecular weight excluding hydrogens is 380 g/mol. The number of rotatable bonds is 4. The van der Waals surface area contributed by atoms with E-state index in [1.807, 2.05) is 42.2 Å². The highest BCUT2D eigenvalue weighted by Crippen LogP contribution is 2.37. The molecule has 1 aromatic heterocycles. The number of nitrogens with one attached hydrogen (secondary N) is 1. The van der Waals surface area contributed by atoms with Crippen LogP contribution in [0.2, 0.25) is 5.02 Å². The number of hydrogen-bond donors (Lipinski definition) is 2. The summed E-state index contributed by atoms with van der Waals surface area (Å²) in [6.07, 6.45) is 5.04. The van der Waals surface area contributed by atoms with E-state index in [9.17, 15) is 9.90 Å². The molecule has 2 aromatic carbocycles. The largest absolute Gasteiger partial charge is 0.478 e. The van der Waals surface area contributed by atoms with Crippen LogP contribution in [-0.2, 0) is 0 Å². The van der Waals surface area contributed by atoms with Crippen LogP contribution in [0.4, 0.5) is 11.4 Å². The molecule has 0 unspecified atom stereocenters. The van der Waals surface area contributed by atoms with Gasteiger partial charge in [0.2, 0.25) is 0 Å². The Kier molecular flexibility index (Phi) is 5.05. The third-order valence-corrected chi connectivity index (χ3v) is 5.69. The van der Waals surface area contributed by atoms with Crippen molar-refractivity contribution in [3.8, 4) is 0 Å². The number of fused-ring (bicyclic) bond motifs is 1. The molecule has 0 fully saturated rings. The summed E-state index contributed by atoms with van der Waals surface area (Å²) >= 11 is 8.15. The molecule has 2 heterocycles. The van der Waals surface area contributed by atoms with Crippen molar-refractivity contribution in [3.05, 3.63) is 70.9 Å². The van der Waals surface area contributed by atoms with E-state index in [1.165, 1.54) is 5.57 Å². The first-order valence-electron chi connectivity index (χ1n) is 8.58. The molecule has 0 atom stereocenters. The summed E-state index contributed by atoms with van der Waals surface area (Å²) in [5.74, 6) is 1.06. The highest BCUT2D eigenvalue weighted by Gasteiger charge is 2.17. The van der Waals surface area contributed by atoms with Gasteiger partial charge in [0.1, 0.15) is 0 Å². The fourth-order valence-electron chi connectivity index (χ4n) is 3.23. The van der Waals surface area contributed by atoms with E-state index in [-0.39, 0.29) is 5.56 Å². The highest BCUT2D eigenvalue weighted by molar-refractivity contribution is 7.99. The Morgan fingerprint density at radius 1 is 1.22 bits per heavy atom. The summed E-state index contributed by atoms with van der Waals surface area (Å²) in [5, 5.41) is 14.4. The van der Waals surface area contributed by atoms with Gasteiger partial charge >= 0.3 is 5.97 Å². The Hall–Kier alpha value is -2.50. The lowest BCUT2D eigenvalue weighted by atomic mass is 9.99. The Bertz CT molecular complexity index is 1070. The maximum absolute atomic E-state index is 11.6. The van der Waals surface area contributed by atoms with E-state index < -0.39 is 5.97 Å². The smallest absolute Gasteiger partial charge is 0.337 e. The molecule has 0 saturated heterocycles. The zero-order valence-corrected chi connectivity index (χ0v) is 16.0. The van der Waals surface area contributed by atoms with Crippen molar-refractivity contribution in [1.82, 2.24) is 4.98 Å². The molecule has 0 bridgehead atoms. The van der Waals surface area contributed by atoms with Crippen LogP contribution in [0.5, 0.6) is 0 Å². The van der Waals surface area contributed by atoms with Crippen molar-refractivity contribution < 1.29 is 9.90 Å². The van der Waals surface area contributed by atoms with E-state index in [2.05, 4.69) is 16.4 Å². The molecule has 136 valence electrons. The first-order chi connectivity index (χ1) is 13.1. The standard InChI is InChI=1S/C21H17ClN2O2S/c22-14-5-6-18-16(11-14)20(17(12-23-18)13-7-9-27-10-8-13)24-19-4-2-1-3-15(19)21(25)26/h1-7,11-12H,8-10H2,(H,23,24)(H,25,26). The lowest BCUT2D eigenvalue weighted by Crippen LogP contribution is -2.06. The van der Waals surface area contributed by atoms with Gasteiger partial charge in [-0.15, -0.1) is 0 Å². The van der Waals surface area contributed by atoms with Gasteiger partial charge in [0, 0.05) is 27.9 Å². The topological polar surface area (TPSA) is 62.2 Å². The Balaban J connectivity index is 1.92. The number of carboxylic acids is 1. The van der Waals surface area contributed by atoms with E-state index >= 15 is 0 Å². The van der Waals surface area contributed by atoms with Crippen molar-refractivity contribution >= 4 is 57.2 Å². The number of halogens is 1. The number of aromatic nitrogens is 1. The fourth-order valence-corrected chi connectivity index (χ4v) is 4.25. The van der Waals surface area contributed by atoms with E-state index in [0.717, 1.165) is 40.1 Å². The number of benzene rings is 2. The van der Waals surface area contributed by atoms with Crippen LogP contribution in [0.25, 0.3) is 16.5 Å². The molecule has 2 N–H and O–H groups in total. The van der Waals surface area contributed by atoms with Gasteiger partial charge in [0.05, 0.1) is 22.5 Å². The van der Waals surface area contributed by atoms with Crippen LogP contribution in [0.3, 0.4) is 0 Å². The summed E-state index contributed by atoms with van der Waals surface area (Å²) in [6.45, 7) is 0. The third kappa shape index (κ3) is 3.66. The first-order valence-corrected chi connectivity index (χ1v) is 10.1. The average molecular weight is 397 g/mol. The van der Waals surface area contributed by atoms with Gasteiger partial charge in [-0.2, -0.15) is 11.8 Å². The van der Waals surface area contributed by atoms with Gasteiger partial charge < -0.3 is 10.4 Å². The lowest BCUT2D eigenvalue weighted by Gasteiger charge is -2.20. The van der Waals surface area contributed by atoms with Crippen molar-refractivity contribution in [2.24, 2.45) is 0 Å². The molecule has 1 aliphatic rings. The number of allylic oxidation sites excluding steroid dienone is 1. The van der Waals surface area contributed by atoms with Crippen LogP contribution >= 0.6 is 23.4 Å². The van der Waals surface area contributed by atoms with Crippen LogP contribution in [0.15, 0.2) is 54.7 Å². The zero-order chi connectivity index (χ0) is 18.8. The molecule has 0 saturated carbocycles. The zero-order valence-electron chi connectivity index (χ0n) is 14.4. The Labute approximate surface area is 166 Å². The number of thioether (sulfide) groups is 1. The predicted molar refractivity (Wildman–Crippen MR) is 113 cm³/mol. The molecular formula is C21H17ClN2O2S. The number of pyridine rings is 1. The van der Waals surface area contributed by atoms with Gasteiger partial charge in [-0.3, -0.25) is 4.98 Å². The van der Waals surface area contributed by atoms with Gasteiger partial charge in [-0.1, -0.05) is 29.8 Å². The number of carbonyl (C=O) groups is 1. The fraction of sp³-hybridized carbons (Fsp3) is 0.143. The second kappa shape index (κ2) is 7.62. The van der Waals surface area contributed by atoms with Crippen molar-refractivity contribution in [2.45, 2.75) is 6.42 Å². The maximum Gasteiger partial charge on any atom is 0.337 e. The monoisotopic (exact) mass is 396 g/mol. The number of nitrogens with zero attached hydrogens (tertiary/aromatic N) is 1. The summed E-state index contributed by atoms with van der Waals surface area (Å²) in [7, 11) is 0. The van der Waals surface area contributed by atoms with E-state index in [4.69, 9.17) is 11.6 Å². The Morgan fingerprint density at radius 2 is 2.07 bits per heavy atom. The lowest BCUT2D eigenvalue weighted by molar-refractivity contribution is 0.0698. The normalized spacial score (nSPS) is 14.0. The SMILES string of the molecule is O=C(O)c1ccccc1Nc1c(C2=CCSCC2)cnc2ccc(Cl)cc12. The number of aromatic carboxylic acids is 1. The molecule has 0 amide bonds. The number of anilines is 2. The van der Waals surface area contributed by atoms with Crippen molar-refractivity contribution in [3.63, 3.8) is 0 Å². The number of para-hydroxylation sites is 1. The first kappa shape index (κ1) is 17.9. The third-order valence-electron chi connectivity index (χ3n) is 4.56. The molecule has 0 aliphatic carbocycles. The second-order valence-corrected chi connectivity index (χ2v) is 7.82. The summed E-state index contributed by atoms with van der Waals surface area (Å²) in [4.78, 5) is 16.2. The van der Waals surface area contributed by atoms with Crippen molar-refractivity contribution in [1.29, 1.82) is 0 Å². The molecule has 0 radical (unpaired) electrons. The summed E-state index contributed by atoms with van der Waals surface area (Å²) in [6, 6.07) is 12.5. The van der Waals surface area contributed by atoms with Crippen molar-refractivity contribution in [2.75, 3.05) is 16.8 Å². The predicted octanol–water partition coefficient (Wildman–Crippen LogP) is 5.85. The molecule has 0 spiro atoms. The molecule has 1 aliphatic heterocycles. The van der Waals surface area contributed by atoms with Crippen LogP contribution in [-0.4, -0.2) is 27.6 Å². The second-order valence-electron chi connectivity index (χ2n) is 6.24. The van der Waals surface area contributed by atoms with Crippen LogP contribution in [0, 0.1) is 0 Å². The molecule has 27 heavy (non-hydrogen) atoms.